The summed E-state index contributed by atoms with van der Waals surface area (Å²) in [5, 5.41) is 3.19. The lowest BCUT2D eigenvalue weighted by atomic mass is 9.75. The molecule has 0 aliphatic heterocycles. The number of halogens is 1. The summed E-state index contributed by atoms with van der Waals surface area (Å²) in [5.41, 5.74) is 0.185. The van der Waals surface area contributed by atoms with Gasteiger partial charge in [0.25, 0.3) is 0 Å². The first-order valence-corrected chi connectivity index (χ1v) is 8.13. The van der Waals surface area contributed by atoms with E-state index in [2.05, 4.69) is 5.32 Å². The molecular weight excluding hydrogens is 246 g/mol. The summed E-state index contributed by atoms with van der Waals surface area (Å²) in [6.45, 7) is 0.797. The van der Waals surface area contributed by atoms with Gasteiger partial charge in [0.15, 0.2) is 0 Å². The molecule has 0 saturated heterocycles. The summed E-state index contributed by atoms with van der Waals surface area (Å²) in [5.74, 6) is 1.25. The minimum absolute atomic E-state index is 0.185. The van der Waals surface area contributed by atoms with E-state index in [1.54, 1.807) is 0 Å². The Bertz CT molecular complexity index is 268. The van der Waals surface area contributed by atoms with Crippen molar-refractivity contribution in [1.29, 1.82) is 0 Å². The first-order valence-electron chi connectivity index (χ1n) is 7.59. The summed E-state index contributed by atoms with van der Waals surface area (Å²) in [6.07, 6.45) is 12.1. The van der Waals surface area contributed by atoms with Crippen molar-refractivity contribution in [2.45, 2.75) is 64.2 Å². The minimum Gasteiger partial charge on any atom is -0.355 e. The zero-order valence-electron chi connectivity index (χ0n) is 11.3. The van der Waals surface area contributed by atoms with Crippen LogP contribution in [0.25, 0.3) is 0 Å². The van der Waals surface area contributed by atoms with Crippen LogP contribution in [-0.2, 0) is 4.79 Å². The van der Waals surface area contributed by atoms with Gasteiger partial charge in [0, 0.05) is 23.8 Å². The van der Waals surface area contributed by atoms with E-state index in [-0.39, 0.29) is 17.2 Å². The van der Waals surface area contributed by atoms with Gasteiger partial charge in [-0.25, -0.2) is 0 Å². The Kier molecular flexibility index (Phi) is 5.35. The molecule has 104 valence electrons. The van der Waals surface area contributed by atoms with Crippen LogP contribution < -0.4 is 5.32 Å². The second-order valence-electron chi connectivity index (χ2n) is 6.25. The molecule has 2 aliphatic carbocycles. The van der Waals surface area contributed by atoms with Crippen LogP contribution in [0.2, 0.25) is 0 Å². The van der Waals surface area contributed by atoms with Crippen LogP contribution in [0.3, 0.4) is 0 Å². The maximum atomic E-state index is 12.1. The Morgan fingerprint density at radius 3 is 2.28 bits per heavy atom. The molecule has 1 N–H and O–H groups in total. The van der Waals surface area contributed by atoms with E-state index in [1.165, 1.54) is 51.4 Å². The third-order valence-corrected chi connectivity index (χ3v) is 5.38. The topological polar surface area (TPSA) is 29.1 Å². The van der Waals surface area contributed by atoms with Crippen LogP contribution in [-0.4, -0.2) is 18.3 Å². The molecule has 0 bridgehead atoms. The monoisotopic (exact) mass is 271 g/mol. The van der Waals surface area contributed by atoms with E-state index >= 15 is 0 Å². The molecule has 1 amide bonds. The number of hydrogen-bond donors (Lipinski definition) is 1. The van der Waals surface area contributed by atoms with Crippen molar-refractivity contribution in [1.82, 2.24) is 5.32 Å². The molecule has 0 aromatic rings. The van der Waals surface area contributed by atoms with Crippen molar-refractivity contribution in [2.24, 2.45) is 11.3 Å². The Hall–Kier alpha value is -0.240. The second-order valence-corrected chi connectivity index (χ2v) is 6.51. The Morgan fingerprint density at radius 1 is 1.06 bits per heavy atom. The van der Waals surface area contributed by atoms with Crippen molar-refractivity contribution >= 4 is 17.5 Å². The molecule has 0 aromatic carbocycles. The maximum absolute atomic E-state index is 12.1. The molecule has 0 unspecified atom stereocenters. The highest BCUT2D eigenvalue weighted by molar-refractivity contribution is 6.18. The Morgan fingerprint density at radius 2 is 1.67 bits per heavy atom. The summed E-state index contributed by atoms with van der Waals surface area (Å²) < 4.78 is 0. The predicted octanol–water partition coefficient (Wildman–Crippen LogP) is 3.87. The summed E-state index contributed by atoms with van der Waals surface area (Å²) in [7, 11) is 0. The van der Waals surface area contributed by atoms with E-state index in [0.29, 0.717) is 5.88 Å². The quantitative estimate of drug-likeness (QED) is 0.773. The molecular formula is C15H26ClNO. The van der Waals surface area contributed by atoms with Crippen LogP contribution >= 0.6 is 11.6 Å². The molecule has 0 radical (unpaired) electrons. The van der Waals surface area contributed by atoms with Crippen LogP contribution in [0.5, 0.6) is 0 Å². The molecule has 18 heavy (non-hydrogen) atoms. The lowest BCUT2D eigenvalue weighted by molar-refractivity contribution is -0.126. The van der Waals surface area contributed by atoms with E-state index < -0.39 is 0 Å². The SMILES string of the molecule is O=C(NCC1(CCl)CCCCC1)C1CCCCC1. The fourth-order valence-corrected chi connectivity index (χ4v) is 3.80. The highest BCUT2D eigenvalue weighted by Gasteiger charge is 2.32. The van der Waals surface area contributed by atoms with E-state index in [9.17, 15) is 4.79 Å². The molecule has 2 saturated carbocycles. The standard InChI is InChI=1S/C15H26ClNO/c16-11-15(9-5-2-6-10-15)12-17-14(18)13-7-3-1-4-8-13/h13H,1-12H2,(H,17,18). The van der Waals surface area contributed by atoms with Crippen molar-refractivity contribution in [3.05, 3.63) is 0 Å². The van der Waals surface area contributed by atoms with Crippen molar-refractivity contribution < 1.29 is 4.79 Å². The van der Waals surface area contributed by atoms with Gasteiger partial charge in [-0.2, -0.15) is 0 Å². The number of amides is 1. The first kappa shape index (κ1) is 14.2. The average molecular weight is 272 g/mol. The smallest absolute Gasteiger partial charge is 0.223 e. The van der Waals surface area contributed by atoms with Crippen LogP contribution in [0, 0.1) is 11.3 Å². The van der Waals surface area contributed by atoms with Gasteiger partial charge in [-0.1, -0.05) is 38.5 Å². The lowest BCUT2D eigenvalue weighted by Crippen LogP contribution is -2.42. The molecule has 0 spiro atoms. The number of nitrogens with one attached hydrogen (secondary N) is 1. The molecule has 2 aliphatic rings. The highest BCUT2D eigenvalue weighted by atomic mass is 35.5. The zero-order chi connectivity index (χ0) is 12.8. The van der Waals surface area contributed by atoms with Gasteiger partial charge in [0.1, 0.15) is 0 Å². The molecule has 3 heteroatoms. The van der Waals surface area contributed by atoms with E-state index in [1.807, 2.05) is 0 Å². The summed E-state index contributed by atoms with van der Waals surface area (Å²) in [6, 6.07) is 0. The lowest BCUT2D eigenvalue weighted by Gasteiger charge is -2.36. The van der Waals surface area contributed by atoms with Gasteiger partial charge in [0.05, 0.1) is 0 Å². The number of carbonyl (C=O) groups excluding carboxylic acids is 1. The largest absolute Gasteiger partial charge is 0.355 e. The molecule has 2 nitrogen and oxygen atoms in total. The third-order valence-electron chi connectivity index (χ3n) is 4.81. The van der Waals surface area contributed by atoms with Crippen LogP contribution in [0.15, 0.2) is 0 Å². The van der Waals surface area contributed by atoms with Gasteiger partial charge in [-0.3, -0.25) is 4.79 Å². The fourth-order valence-electron chi connectivity index (χ4n) is 3.44. The van der Waals surface area contributed by atoms with E-state index in [4.69, 9.17) is 11.6 Å². The Balaban J connectivity index is 1.79. The van der Waals surface area contributed by atoms with Crippen molar-refractivity contribution in [3.8, 4) is 0 Å². The van der Waals surface area contributed by atoms with Crippen molar-refractivity contribution in [2.75, 3.05) is 12.4 Å². The number of hydrogen-bond acceptors (Lipinski definition) is 1. The molecule has 0 heterocycles. The van der Waals surface area contributed by atoms with Gasteiger partial charge >= 0.3 is 0 Å². The highest BCUT2D eigenvalue weighted by Crippen LogP contribution is 2.37. The van der Waals surface area contributed by atoms with E-state index in [0.717, 1.165) is 19.4 Å². The molecule has 0 aromatic heterocycles. The summed E-state index contributed by atoms with van der Waals surface area (Å²) in [4.78, 5) is 12.1. The van der Waals surface area contributed by atoms with Gasteiger partial charge < -0.3 is 5.32 Å². The molecule has 2 fully saturated rings. The van der Waals surface area contributed by atoms with Gasteiger partial charge in [-0.15, -0.1) is 11.6 Å². The molecule has 2 rings (SSSR count). The average Bonchev–Trinajstić information content (AvgIpc) is 2.47. The first-order chi connectivity index (χ1) is 8.76. The normalized spacial score (nSPS) is 24.7. The molecule has 0 atom stereocenters. The summed E-state index contributed by atoms with van der Waals surface area (Å²) >= 11 is 6.16. The number of alkyl halides is 1. The fraction of sp³-hybridized carbons (Fsp3) is 0.933. The van der Waals surface area contributed by atoms with Gasteiger partial charge in [0.2, 0.25) is 5.91 Å². The predicted molar refractivity (Wildman–Crippen MR) is 75.8 cm³/mol. The maximum Gasteiger partial charge on any atom is 0.223 e. The number of rotatable bonds is 4. The second kappa shape index (κ2) is 6.79. The number of carbonyl (C=O) groups is 1. The third kappa shape index (κ3) is 3.63. The van der Waals surface area contributed by atoms with Crippen LogP contribution in [0.4, 0.5) is 0 Å². The van der Waals surface area contributed by atoms with Crippen LogP contribution in [0.1, 0.15) is 64.2 Å². The zero-order valence-corrected chi connectivity index (χ0v) is 12.1. The minimum atomic E-state index is 0.185. The Labute approximate surface area is 116 Å². The van der Waals surface area contributed by atoms with Gasteiger partial charge in [-0.05, 0) is 25.7 Å². The van der Waals surface area contributed by atoms with Crippen molar-refractivity contribution in [3.63, 3.8) is 0 Å².